The summed E-state index contributed by atoms with van der Waals surface area (Å²) in [7, 11) is 4.06. The maximum absolute atomic E-state index is 5.40. The van der Waals surface area contributed by atoms with Crippen LogP contribution in [0.15, 0.2) is 17.6 Å². The second kappa shape index (κ2) is 11.7. The van der Waals surface area contributed by atoms with Crippen molar-refractivity contribution in [2.75, 3.05) is 53.0 Å². The molecule has 1 aliphatic rings. The molecular weight excluding hydrogens is 342 g/mol. The van der Waals surface area contributed by atoms with Gasteiger partial charge in [0.05, 0.1) is 13.2 Å². The molecule has 1 aromatic rings. The molecule has 0 saturated carbocycles. The quantitative estimate of drug-likeness (QED) is 0.286. The summed E-state index contributed by atoms with van der Waals surface area (Å²) in [5, 5.41) is 11.8. The number of unbranched alkanes of at least 4 members (excludes halogenated alkanes) is 1. The topological polar surface area (TPSA) is 70.8 Å². The molecule has 1 saturated heterocycles. The molecule has 2 rings (SSSR count). The van der Waals surface area contributed by atoms with Gasteiger partial charge in [-0.1, -0.05) is 6.08 Å². The van der Waals surface area contributed by atoms with Gasteiger partial charge in [0, 0.05) is 40.3 Å². The fraction of sp³-hybridized carbons (Fsp3) is 0.737. The summed E-state index contributed by atoms with van der Waals surface area (Å²) in [6, 6.07) is 0. The molecule has 0 spiro atoms. The van der Waals surface area contributed by atoms with Gasteiger partial charge in [0.1, 0.15) is 12.4 Å². The third kappa shape index (κ3) is 7.30. The Hall–Kier alpha value is -1.93. The Kier molecular flexibility index (Phi) is 9.27. The average molecular weight is 378 g/mol. The van der Waals surface area contributed by atoms with Gasteiger partial charge in [-0.15, -0.1) is 16.8 Å². The van der Waals surface area contributed by atoms with Crippen molar-refractivity contribution in [3.8, 4) is 0 Å². The molecule has 8 heteroatoms. The summed E-state index contributed by atoms with van der Waals surface area (Å²) < 4.78 is 7.39. The summed E-state index contributed by atoms with van der Waals surface area (Å²) in [4.78, 5) is 9.42. The van der Waals surface area contributed by atoms with Gasteiger partial charge in [-0.3, -0.25) is 4.90 Å². The van der Waals surface area contributed by atoms with Crippen molar-refractivity contribution in [2.24, 2.45) is 12.0 Å². The number of morpholine rings is 1. The van der Waals surface area contributed by atoms with Gasteiger partial charge >= 0.3 is 0 Å². The Labute approximate surface area is 163 Å². The van der Waals surface area contributed by atoms with Gasteiger partial charge in [-0.2, -0.15) is 0 Å². The number of hydrogen-bond donors (Lipinski definition) is 1. The first kappa shape index (κ1) is 21.4. The molecule has 1 aliphatic heterocycles. The van der Waals surface area contributed by atoms with Crippen molar-refractivity contribution in [1.29, 1.82) is 0 Å². The highest BCUT2D eigenvalue weighted by Gasteiger charge is 2.11. The minimum atomic E-state index is 0.523. The minimum Gasteiger partial charge on any atom is -0.379 e. The number of guanidine groups is 1. The van der Waals surface area contributed by atoms with Crippen LogP contribution in [0, 0.1) is 6.92 Å². The van der Waals surface area contributed by atoms with E-state index < -0.39 is 0 Å². The Balaban J connectivity index is 1.86. The van der Waals surface area contributed by atoms with Crippen LogP contribution in [0.2, 0.25) is 0 Å². The van der Waals surface area contributed by atoms with Crippen LogP contribution in [0.1, 0.15) is 30.9 Å². The second-order valence-electron chi connectivity index (χ2n) is 6.95. The van der Waals surface area contributed by atoms with Crippen LogP contribution in [0.4, 0.5) is 0 Å². The molecule has 27 heavy (non-hydrogen) atoms. The van der Waals surface area contributed by atoms with Gasteiger partial charge in [0.2, 0.25) is 0 Å². The summed E-state index contributed by atoms with van der Waals surface area (Å²) in [5.74, 6) is 2.70. The van der Waals surface area contributed by atoms with Crippen molar-refractivity contribution in [3.05, 3.63) is 24.3 Å². The third-order valence-corrected chi connectivity index (χ3v) is 4.85. The number of rotatable bonds is 10. The number of aryl methyl sites for hydroxylation is 1. The molecule has 1 N–H and O–H groups in total. The summed E-state index contributed by atoms with van der Waals surface area (Å²) in [6.07, 6.45) is 5.13. The first-order valence-corrected chi connectivity index (χ1v) is 9.87. The lowest BCUT2D eigenvalue weighted by Crippen LogP contribution is -2.42. The maximum atomic E-state index is 5.40. The minimum absolute atomic E-state index is 0.523. The molecule has 0 aliphatic carbocycles. The smallest absolute Gasteiger partial charge is 0.194 e. The molecule has 1 aromatic heterocycles. The number of nitrogens with one attached hydrogen (secondary N) is 1. The van der Waals surface area contributed by atoms with Crippen molar-refractivity contribution >= 4 is 5.96 Å². The van der Waals surface area contributed by atoms with E-state index in [-0.39, 0.29) is 0 Å². The van der Waals surface area contributed by atoms with Crippen LogP contribution in [0.3, 0.4) is 0 Å². The number of hydrogen-bond acceptors (Lipinski definition) is 5. The van der Waals surface area contributed by atoms with Crippen LogP contribution in [0.5, 0.6) is 0 Å². The van der Waals surface area contributed by atoms with Gasteiger partial charge < -0.3 is 19.5 Å². The fourth-order valence-corrected chi connectivity index (χ4v) is 2.95. The zero-order valence-corrected chi connectivity index (χ0v) is 17.2. The predicted molar refractivity (Wildman–Crippen MR) is 109 cm³/mol. The van der Waals surface area contributed by atoms with E-state index in [4.69, 9.17) is 9.73 Å². The van der Waals surface area contributed by atoms with Gasteiger partial charge in [-0.25, -0.2) is 4.99 Å². The molecule has 0 radical (unpaired) electrons. The largest absolute Gasteiger partial charge is 0.379 e. The van der Waals surface area contributed by atoms with E-state index in [0.29, 0.717) is 6.54 Å². The molecule has 0 atom stereocenters. The highest BCUT2D eigenvalue weighted by Crippen LogP contribution is 2.02. The van der Waals surface area contributed by atoms with Crippen molar-refractivity contribution in [1.82, 2.24) is 29.9 Å². The summed E-state index contributed by atoms with van der Waals surface area (Å²) in [5.41, 5.74) is 0. The molecule has 0 amide bonds. The number of ether oxygens (including phenoxy) is 1. The normalized spacial score (nSPS) is 15.7. The maximum Gasteiger partial charge on any atom is 0.194 e. The van der Waals surface area contributed by atoms with Gasteiger partial charge in [0.25, 0.3) is 0 Å². The van der Waals surface area contributed by atoms with Gasteiger partial charge in [-0.05, 0) is 32.7 Å². The second-order valence-corrected chi connectivity index (χ2v) is 6.95. The van der Waals surface area contributed by atoms with Crippen LogP contribution >= 0.6 is 0 Å². The van der Waals surface area contributed by atoms with E-state index in [0.717, 1.165) is 82.8 Å². The Bertz CT molecular complexity index is 593. The number of nitrogens with zero attached hydrogens (tertiary/aromatic N) is 6. The standard InChI is InChI=1S/C19H35N7O/c1-5-6-7-10-24(3)19(21-16-18-23-22-17(2)25(18)4)20-9-8-11-26-12-14-27-15-13-26/h5H,1,6-16H2,2-4H3,(H,20,21). The first-order chi connectivity index (χ1) is 13.1. The van der Waals surface area contributed by atoms with E-state index in [2.05, 4.69) is 38.9 Å². The van der Waals surface area contributed by atoms with E-state index in [1.54, 1.807) is 0 Å². The van der Waals surface area contributed by atoms with Crippen LogP contribution in [-0.2, 0) is 18.3 Å². The zero-order valence-electron chi connectivity index (χ0n) is 17.2. The van der Waals surface area contributed by atoms with Gasteiger partial charge in [0.15, 0.2) is 11.8 Å². The van der Waals surface area contributed by atoms with E-state index in [1.165, 1.54) is 0 Å². The van der Waals surface area contributed by atoms with Crippen LogP contribution in [-0.4, -0.2) is 83.5 Å². The summed E-state index contributed by atoms with van der Waals surface area (Å²) in [6.45, 7) is 13.0. The third-order valence-electron chi connectivity index (χ3n) is 4.85. The summed E-state index contributed by atoms with van der Waals surface area (Å²) >= 11 is 0. The molecule has 0 aromatic carbocycles. The van der Waals surface area contributed by atoms with Crippen LogP contribution < -0.4 is 5.32 Å². The molecule has 8 nitrogen and oxygen atoms in total. The highest BCUT2D eigenvalue weighted by atomic mass is 16.5. The molecule has 152 valence electrons. The van der Waals surface area contributed by atoms with E-state index >= 15 is 0 Å². The lowest BCUT2D eigenvalue weighted by Gasteiger charge is -2.27. The van der Waals surface area contributed by atoms with E-state index in [1.807, 2.05) is 24.6 Å². The lowest BCUT2D eigenvalue weighted by molar-refractivity contribution is 0.0375. The van der Waals surface area contributed by atoms with Crippen molar-refractivity contribution in [2.45, 2.75) is 32.7 Å². The number of aliphatic imine (C=N–C) groups is 1. The molecule has 0 bridgehead atoms. The Morgan fingerprint density at radius 3 is 2.78 bits per heavy atom. The first-order valence-electron chi connectivity index (χ1n) is 9.87. The van der Waals surface area contributed by atoms with Crippen molar-refractivity contribution in [3.63, 3.8) is 0 Å². The molecule has 2 heterocycles. The molecule has 0 unspecified atom stereocenters. The average Bonchev–Trinajstić information content (AvgIpc) is 3.00. The zero-order chi connectivity index (χ0) is 19.5. The van der Waals surface area contributed by atoms with E-state index in [9.17, 15) is 0 Å². The Morgan fingerprint density at radius 2 is 2.11 bits per heavy atom. The molecule has 1 fully saturated rings. The number of aromatic nitrogens is 3. The monoisotopic (exact) mass is 377 g/mol. The number of allylic oxidation sites excluding steroid dienone is 1. The Morgan fingerprint density at radius 1 is 1.33 bits per heavy atom. The lowest BCUT2D eigenvalue weighted by atomic mass is 10.3. The highest BCUT2D eigenvalue weighted by molar-refractivity contribution is 5.79. The SMILES string of the molecule is C=CCCCN(C)C(=NCc1nnc(C)n1C)NCCCN1CCOCC1. The predicted octanol–water partition coefficient (Wildman–Crippen LogP) is 1.19. The van der Waals surface area contributed by atoms with Crippen molar-refractivity contribution < 1.29 is 4.74 Å². The van der Waals surface area contributed by atoms with Crippen LogP contribution in [0.25, 0.3) is 0 Å². The molecular formula is C19H35N7O. The fourth-order valence-electron chi connectivity index (χ4n) is 2.95.